The number of halogens is 1. The number of aliphatic imine (C=N–C) groups is 1. The molecule has 7 heteroatoms. The van der Waals surface area contributed by atoms with Crippen molar-refractivity contribution in [3.8, 4) is 0 Å². The van der Waals surface area contributed by atoms with Gasteiger partial charge >= 0.3 is 5.97 Å². The highest BCUT2D eigenvalue weighted by Gasteiger charge is 2.43. The second kappa shape index (κ2) is 7.54. The van der Waals surface area contributed by atoms with Gasteiger partial charge in [-0.3, -0.25) is 9.79 Å². The average molecular weight is 383 g/mol. The molecule has 0 bridgehead atoms. The van der Waals surface area contributed by atoms with Crippen LogP contribution in [0.5, 0.6) is 0 Å². The van der Waals surface area contributed by atoms with E-state index in [1.54, 1.807) is 11.8 Å². The Morgan fingerprint density at radius 2 is 2.12 bits per heavy atom. The van der Waals surface area contributed by atoms with Crippen molar-refractivity contribution in [2.75, 3.05) is 6.61 Å². The number of fused-ring (bicyclic) bond motifs is 3. The van der Waals surface area contributed by atoms with Crippen molar-refractivity contribution in [2.45, 2.75) is 58.2 Å². The normalized spacial score (nSPS) is 25.3. The quantitative estimate of drug-likeness (QED) is 0.662. The van der Waals surface area contributed by atoms with Crippen LogP contribution in [0.3, 0.4) is 0 Å². The number of rotatable bonds is 5. The first kappa shape index (κ1) is 18.5. The molecule has 0 saturated carbocycles. The van der Waals surface area contributed by atoms with Crippen LogP contribution in [0.4, 0.5) is 0 Å². The lowest BCUT2D eigenvalue weighted by Gasteiger charge is -2.17. The maximum atomic E-state index is 11.9. The minimum Gasteiger partial charge on any atom is -0.463 e. The highest BCUT2D eigenvalue weighted by Crippen LogP contribution is 2.56. The number of hydrogen-bond acceptors (Lipinski definition) is 6. The van der Waals surface area contributed by atoms with Crippen LogP contribution < -0.4 is 0 Å². The Bertz CT molecular complexity index is 741. The molecule has 1 aromatic rings. The summed E-state index contributed by atoms with van der Waals surface area (Å²) in [6.45, 7) is 8.31. The van der Waals surface area contributed by atoms with E-state index in [0.29, 0.717) is 17.4 Å². The number of aryl methyl sites for hydroxylation is 1. The van der Waals surface area contributed by atoms with Gasteiger partial charge in [0, 0.05) is 12.0 Å². The van der Waals surface area contributed by atoms with E-state index in [2.05, 4.69) is 24.0 Å². The fraction of sp³-hybridized carbons (Fsp3) is 0.611. The molecule has 3 atom stereocenters. The number of carbonyl (C=O) groups excluding carboxylic acids is 1. The van der Waals surface area contributed by atoms with Gasteiger partial charge in [-0.1, -0.05) is 35.7 Å². The fourth-order valence-corrected chi connectivity index (χ4v) is 5.32. The number of carbonyl (C=O) groups is 1. The van der Waals surface area contributed by atoms with E-state index >= 15 is 0 Å². The van der Waals surface area contributed by atoms with Crippen LogP contribution in [0.25, 0.3) is 0 Å². The van der Waals surface area contributed by atoms with Crippen LogP contribution in [-0.4, -0.2) is 22.9 Å². The monoisotopic (exact) mass is 382 g/mol. The molecule has 0 N–H and O–H groups in total. The molecule has 0 radical (unpaired) electrons. The molecular weight excluding hydrogens is 360 g/mol. The third-order valence-electron chi connectivity index (χ3n) is 4.82. The van der Waals surface area contributed by atoms with E-state index in [1.807, 2.05) is 13.8 Å². The maximum Gasteiger partial charge on any atom is 0.305 e. The van der Waals surface area contributed by atoms with Crippen molar-refractivity contribution in [3.05, 3.63) is 27.5 Å². The lowest BCUT2D eigenvalue weighted by atomic mass is 9.92. The summed E-state index contributed by atoms with van der Waals surface area (Å²) in [5.74, 6) is 0.488. The van der Waals surface area contributed by atoms with Gasteiger partial charge in [0.2, 0.25) is 0 Å². The second-order valence-corrected chi connectivity index (χ2v) is 8.30. The van der Waals surface area contributed by atoms with Crippen molar-refractivity contribution in [3.63, 3.8) is 0 Å². The molecule has 2 unspecified atom stereocenters. The first-order chi connectivity index (χ1) is 11.9. The van der Waals surface area contributed by atoms with Crippen LogP contribution in [0.1, 0.15) is 68.3 Å². The van der Waals surface area contributed by atoms with Gasteiger partial charge in [-0.05, 0) is 32.1 Å². The summed E-state index contributed by atoms with van der Waals surface area (Å²) in [6.07, 6.45) is 2.20. The topological polar surface area (TPSA) is 64.7 Å². The molecule has 3 heterocycles. The van der Waals surface area contributed by atoms with Gasteiger partial charge in [0.15, 0.2) is 5.76 Å². The van der Waals surface area contributed by atoms with Crippen LogP contribution in [-0.2, 0) is 9.53 Å². The summed E-state index contributed by atoms with van der Waals surface area (Å²) >= 11 is 8.36. The predicted octanol–water partition coefficient (Wildman–Crippen LogP) is 5.11. The summed E-state index contributed by atoms with van der Waals surface area (Å²) < 4.78 is 11.0. The Morgan fingerprint density at radius 1 is 1.36 bits per heavy atom. The number of ether oxygens (including phenoxy) is 1. The maximum absolute atomic E-state index is 11.9. The Hall–Kier alpha value is -1.27. The summed E-state index contributed by atoms with van der Waals surface area (Å²) in [7, 11) is 0. The van der Waals surface area contributed by atoms with E-state index < -0.39 is 6.04 Å². The molecule has 136 valence electrons. The first-order valence-electron chi connectivity index (χ1n) is 8.62. The van der Waals surface area contributed by atoms with E-state index in [9.17, 15) is 4.79 Å². The van der Waals surface area contributed by atoms with Gasteiger partial charge in [0.05, 0.1) is 16.9 Å². The van der Waals surface area contributed by atoms with Crippen molar-refractivity contribution in [2.24, 2.45) is 10.9 Å². The number of thioether (sulfide) groups is 1. The number of nitrogens with zero attached hydrogens (tertiary/aromatic N) is 2. The SMILES string of the molecule is CCCCC(=O)OC[C@@H]1N=C(Cl)C2C(C)=C(C)SC2c2c(C)noc21. The lowest BCUT2D eigenvalue weighted by molar-refractivity contribution is -0.144. The van der Waals surface area contributed by atoms with Gasteiger partial charge in [0.1, 0.15) is 17.8 Å². The molecule has 5 nitrogen and oxygen atoms in total. The number of unbranched alkanes of at least 4 members (excludes halogenated alkanes) is 1. The molecule has 2 aliphatic rings. The molecule has 0 amide bonds. The molecule has 0 saturated heterocycles. The highest BCUT2D eigenvalue weighted by molar-refractivity contribution is 8.03. The summed E-state index contributed by atoms with van der Waals surface area (Å²) in [5.41, 5.74) is 3.12. The molecule has 0 aromatic carbocycles. The van der Waals surface area contributed by atoms with Crippen LogP contribution in [0.2, 0.25) is 0 Å². The standard InChI is InChI=1S/C18H23ClN2O3S/c1-5-6-7-13(22)23-8-12-16-15(10(3)21-24-16)17-14(18(19)20-12)9(2)11(4)25-17/h12,14,17H,5-8H2,1-4H3/t12-,14?,17?/m0/s1. The first-order valence-corrected chi connectivity index (χ1v) is 9.88. The van der Waals surface area contributed by atoms with E-state index in [-0.39, 0.29) is 23.7 Å². The number of allylic oxidation sites excluding steroid dienone is 2. The van der Waals surface area contributed by atoms with Crippen molar-refractivity contribution in [1.29, 1.82) is 0 Å². The van der Waals surface area contributed by atoms with E-state index in [4.69, 9.17) is 20.9 Å². The largest absolute Gasteiger partial charge is 0.463 e. The molecule has 2 aliphatic heterocycles. The number of hydrogen-bond donors (Lipinski definition) is 0. The third kappa shape index (κ3) is 3.51. The van der Waals surface area contributed by atoms with Crippen LogP contribution >= 0.6 is 23.4 Å². The zero-order valence-electron chi connectivity index (χ0n) is 15.0. The summed E-state index contributed by atoms with van der Waals surface area (Å²) in [5, 5.41) is 4.81. The molecule has 25 heavy (non-hydrogen) atoms. The number of esters is 1. The Morgan fingerprint density at radius 3 is 2.84 bits per heavy atom. The summed E-state index contributed by atoms with van der Waals surface area (Å²) in [4.78, 5) is 17.8. The predicted molar refractivity (Wildman–Crippen MR) is 99.9 cm³/mol. The molecule has 0 fully saturated rings. The van der Waals surface area contributed by atoms with Gasteiger partial charge in [-0.2, -0.15) is 0 Å². The van der Waals surface area contributed by atoms with Crippen molar-refractivity contribution < 1.29 is 14.1 Å². The smallest absolute Gasteiger partial charge is 0.305 e. The Balaban J connectivity index is 1.88. The van der Waals surface area contributed by atoms with Crippen molar-refractivity contribution >= 4 is 34.5 Å². The molecule has 0 aliphatic carbocycles. The zero-order valence-corrected chi connectivity index (χ0v) is 16.5. The van der Waals surface area contributed by atoms with Gasteiger partial charge in [-0.15, -0.1) is 11.8 Å². The van der Waals surface area contributed by atoms with E-state index in [1.165, 1.54) is 10.5 Å². The van der Waals surface area contributed by atoms with Crippen molar-refractivity contribution in [1.82, 2.24) is 5.16 Å². The molecule has 3 rings (SSSR count). The fourth-order valence-electron chi connectivity index (χ4n) is 3.27. The van der Waals surface area contributed by atoms with Gasteiger partial charge < -0.3 is 9.26 Å². The second-order valence-electron chi connectivity index (χ2n) is 6.56. The summed E-state index contributed by atoms with van der Waals surface area (Å²) in [6, 6.07) is -0.436. The van der Waals surface area contributed by atoms with Gasteiger partial charge in [-0.25, -0.2) is 0 Å². The molecular formula is C18H23ClN2O3S. The Labute approximate surface area is 157 Å². The van der Waals surface area contributed by atoms with Crippen LogP contribution in [0.15, 0.2) is 20.0 Å². The van der Waals surface area contributed by atoms with Crippen LogP contribution in [0, 0.1) is 12.8 Å². The number of aromatic nitrogens is 1. The highest BCUT2D eigenvalue weighted by atomic mass is 35.5. The molecule has 1 aromatic heterocycles. The molecule has 0 spiro atoms. The Kier molecular flexibility index (Phi) is 5.58. The van der Waals surface area contributed by atoms with E-state index in [0.717, 1.165) is 24.1 Å². The zero-order chi connectivity index (χ0) is 18.1. The van der Waals surface area contributed by atoms with Gasteiger partial charge in [0.25, 0.3) is 0 Å². The minimum absolute atomic E-state index is 0.0318. The lowest BCUT2D eigenvalue weighted by Crippen LogP contribution is -2.14. The third-order valence-corrected chi connectivity index (χ3v) is 6.59. The average Bonchev–Trinajstić information content (AvgIpc) is 3.05. The minimum atomic E-state index is -0.436.